The van der Waals surface area contributed by atoms with E-state index in [0.29, 0.717) is 36.6 Å². The molecule has 1 saturated carbocycles. The van der Waals surface area contributed by atoms with Gasteiger partial charge in [0.05, 0.1) is 10.7 Å². The maximum atomic E-state index is 13.1. The number of aryl methyl sites for hydroxylation is 1. The van der Waals surface area contributed by atoms with E-state index in [1.165, 1.54) is 11.3 Å². The van der Waals surface area contributed by atoms with Crippen LogP contribution in [0.25, 0.3) is 0 Å². The normalized spacial score (nSPS) is 17.9. The average Bonchev–Trinajstić information content (AvgIpc) is 3.51. The van der Waals surface area contributed by atoms with E-state index in [0.717, 1.165) is 13.1 Å². The molecule has 146 valence electrons. The van der Waals surface area contributed by atoms with Crippen molar-refractivity contribution < 1.29 is 9.59 Å². The van der Waals surface area contributed by atoms with Gasteiger partial charge in [-0.3, -0.25) is 9.59 Å². The summed E-state index contributed by atoms with van der Waals surface area (Å²) in [7, 11) is 0. The number of piperazine rings is 1. The van der Waals surface area contributed by atoms with Gasteiger partial charge in [0.1, 0.15) is 5.41 Å². The van der Waals surface area contributed by atoms with Crippen molar-refractivity contribution >= 4 is 34.8 Å². The van der Waals surface area contributed by atoms with Crippen LogP contribution in [0.3, 0.4) is 0 Å². The average molecular weight is 398 g/mol. The topological polar surface area (TPSA) is 52.7 Å². The molecule has 0 radical (unpaired) electrons. The quantitative estimate of drug-likeness (QED) is 0.800. The van der Waals surface area contributed by atoms with E-state index >= 15 is 0 Å². The SMILES string of the molecule is Cc1cccc(N2CCN(C(=O)C3(C(=O)Nc4ccccc4Cl)CC3)CC2)c1. The number of nitrogens with one attached hydrogen (secondary N) is 1. The second-order valence-electron chi connectivity index (χ2n) is 7.63. The monoisotopic (exact) mass is 397 g/mol. The first-order valence-corrected chi connectivity index (χ1v) is 10.0. The second kappa shape index (κ2) is 7.47. The van der Waals surface area contributed by atoms with Crippen molar-refractivity contribution in [3.05, 3.63) is 59.1 Å². The van der Waals surface area contributed by atoms with Gasteiger partial charge in [-0.25, -0.2) is 0 Å². The van der Waals surface area contributed by atoms with Crippen LogP contribution in [-0.4, -0.2) is 42.9 Å². The van der Waals surface area contributed by atoms with Gasteiger partial charge in [-0.1, -0.05) is 35.9 Å². The van der Waals surface area contributed by atoms with Gasteiger partial charge in [-0.2, -0.15) is 0 Å². The Labute approximate surface area is 170 Å². The highest BCUT2D eigenvalue weighted by atomic mass is 35.5. The number of benzene rings is 2. The first-order chi connectivity index (χ1) is 13.5. The maximum absolute atomic E-state index is 13.1. The Hall–Kier alpha value is -2.53. The van der Waals surface area contributed by atoms with Crippen LogP contribution in [0.5, 0.6) is 0 Å². The molecular formula is C22H24ClN3O2. The summed E-state index contributed by atoms with van der Waals surface area (Å²) in [6.07, 6.45) is 1.19. The Morgan fingerprint density at radius 2 is 1.71 bits per heavy atom. The van der Waals surface area contributed by atoms with E-state index in [9.17, 15) is 9.59 Å². The van der Waals surface area contributed by atoms with E-state index in [2.05, 4.69) is 41.4 Å². The number of nitrogens with zero attached hydrogens (tertiary/aromatic N) is 2. The number of halogens is 1. The van der Waals surface area contributed by atoms with Gasteiger partial charge in [0, 0.05) is 31.9 Å². The summed E-state index contributed by atoms with van der Waals surface area (Å²) >= 11 is 6.14. The zero-order valence-electron chi connectivity index (χ0n) is 16.0. The summed E-state index contributed by atoms with van der Waals surface area (Å²) in [4.78, 5) is 30.1. The molecule has 2 fully saturated rings. The van der Waals surface area contributed by atoms with Crippen LogP contribution in [0.15, 0.2) is 48.5 Å². The number of rotatable bonds is 4. The minimum atomic E-state index is -0.926. The molecule has 2 aromatic rings. The van der Waals surface area contributed by atoms with E-state index in [1.54, 1.807) is 12.1 Å². The highest BCUT2D eigenvalue weighted by Crippen LogP contribution is 2.48. The van der Waals surface area contributed by atoms with E-state index in [4.69, 9.17) is 11.6 Å². The summed E-state index contributed by atoms with van der Waals surface area (Å²) in [5.74, 6) is -0.298. The molecule has 2 aromatic carbocycles. The van der Waals surface area contributed by atoms with Crippen molar-refractivity contribution in [2.75, 3.05) is 36.4 Å². The van der Waals surface area contributed by atoms with Crippen molar-refractivity contribution in [1.29, 1.82) is 0 Å². The summed E-state index contributed by atoms with van der Waals surface area (Å²) in [6, 6.07) is 15.5. The predicted octanol–water partition coefficient (Wildman–Crippen LogP) is 3.72. The summed E-state index contributed by atoms with van der Waals surface area (Å²) in [6.45, 7) is 4.90. The summed E-state index contributed by atoms with van der Waals surface area (Å²) in [5.41, 5.74) is 2.04. The molecule has 28 heavy (non-hydrogen) atoms. The van der Waals surface area contributed by atoms with Crippen LogP contribution in [0.2, 0.25) is 5.02 Å². The fourth-order valence-electron chi connectivity index (χ4n) is 3.76. The van der Waals surface area contributed by atoms with Gasteiger partial charge in [0.2, 0.25) is 11.8 Å². The van der Waals surface area contributed by atoms with Crippen LogP contribution in [0.1, 0.15) is 18.4 Å². The number of carbonyl (C=O) groups excluding carboxylic acids is 2. The molecule has 0 unspecified atom stereocenters. The van der Waals surface area contributed by atoms with Crippen LogP contribution >= 0.6 is 11.6 Å². The zero-order chi connectivity index (χ0) is 19.7. The Morgan fingerprint density at radius 1 is 1.00 bits per heavy atom. The lowest BCUT2D eigenvalue weighted by Gasteiger charge is -2.37. The molecule has 1 aliphatic heterocycles. The van der Waals surface area contributed by atoms with Gasteiger partial charge < -0.3 is 15.1 Å². The van der Waals surface area contributed by atoms with Crippen molar-refractivity contribution in [3.8, 4) is 0 Å². The Bertz CT molecular complexity index is 902. The Kier molecular flexibility index (Phi) is 5.02. The molecule has 2 aliphatic rings. The van der Waals surface area contributed by atoms with Crippen molar-refractivity contribution in [1.82, 2.24) is 4.90 Å². The zero-order valence-corrected chi connectivity index (χ0v) is 16.7. The van der Waals surface area contributed by atoms with Crippen LogP contribution in [0, 0.1) is 12.3 Å². The molecule has 0 spiro atoms. The lowest BCUT2D eigenvalue weighted by molar-refractivity contribution is -0.142. The lowest BCUT2D eigenvalue weighted by Crippen LogP contribution is -2.52. The first kappa shape index (κ1) is 18.8. The largest absolute Gasteiger partial charge is 0.368 e. The maximum Gasteiger partial charge on any atom is 0.240 e. The molecule has 0 bridgehead atoms. The number of anilines is 2. The van der Waals surface area contributed by atoms with Crippen LogP contribution in [-0.2, 0) is 9.59 Å². The predicted molar refractivity (Wildman–Crippen MR) is 112 cm³/mol. The number of hydrogen-bond donors (Lipinski definition) is 1. The highest BCUT2D eigenvalue weighted by molar-refractivity contribution is 6.34. The number of hydrogen-bond acceptors (Lipinski definition) is 3. The van der Waals surface area contributed by atoms with E-state index < -0.39 is 5.41 Å². The van der Waals surface area contributed by atoms with Gasteiger partial charge in [0.25, 0.3) is 0 Å². The lowest BCUT2D eigenvalue weighted by atomic mass is 10.0. The Balaban J connectivity index is 1.39. The number of para-hydroxylation sites is 1. The molecule has 1 heterocycles. The third-order valence-corrected chi connectivity index (χ3v) is 5.98. The van der Waals surface area contributed by atoms with Gasteiger partial charge in [-0.05, 0) is 49.6 Å². The smallest absolute Gasteiger partial charge is 0.240 e. The molecular weight excluding hydrogens is 374 g/mol. The van der Waals surface area contributed by atoms with Gasteiger partial charge in [-0.15, -0.1) is 0 Å². The summed E-state index contributed by atoms with van der Waals surface area (Å²) < 4.78 is 0. The third-order valence-electron chi connectivity index (χ3n) is 5.65. The first-order valence-electron chi connectivity index (χ1n) is 9.67. The van der Waals surface area contributed by atoms with Gasteiger partial charge in [0.15, 0.2) is 0 Å². The number of amides is 2. The third kappa shape index (κ3) is 3.59. The van der Waals surface area contributed by atoms with Crippen LogP contribution in [0.4, 0.5) is 11.4 Å². The second-order valence-corrected chi connectivity index (χ2v) is 8.04. The van der Waals surface area contributed by atoms with Gasteiger partial charge >= 0.3 is 0 Å². The van der Waals surface area contributed by atoms with Crippen molar-refractivity contribution in [2.24, 2.45) is 5.41 Å². The molecule has 4 rings (SSSR count). The molecule has 0 atom stereocenters. The summed E-state index contributed by atoms with van der Waals surface area (Å²) in [5, 5.41) is 3.32. The van der Waals surface area contributed by atoms with Crippen molar-refractivity contribution in [2.45, 2.75) is 19.8 Å². The molecule has 6 heteroatoms. The standard InChI is InChI=1S/C22H24ClN3O2/c1-16-5-4-6-17(15-16)25-11-13-26(14-12-25)21(28)22(9-10-22)20(27)24-19-8-3-2-7-18(19)23/h2-8,15H,9-14H2,1H3,(H,24,27). The number of carbonyl (C=O) groups is 2. The molecule has 5 nitrogen and oxygen atoms in total. The van der Waals surface area contributed by atoms with Crippen LogP contribution < -0.4 is 10.2 Å². The molecule has 1 N–H and O–H groups in total. The minimum absolute atomic E-state index is 0.0547. The Morgan fingerprint density at radius 3 is 2.36 bits per heavy atom. The molecule has 2 amide bonds. The molecule has 1 saturated heterocycles. The molecule has 1 aliphatic carbocycles. The van der Waals surface area contributed by atoms with E-state index in [1.807, 2.05) is 17.0 Å². The fraction of sp³-hybridized carbons (Fsp3) is 0.364. The minimum Gasteiger partial charge on any atom is -0.368 e. The molecule has 0 aromatic heterocycles. The van der Waals surface area contributed by atoms with Crippen molar-refractivity contribution in [3.63, 3.8) is 0 Å². The highest BCUT2D eigenvalue weighted by Gasteiger charge is 2.58. The fourth-order valence-corrected chi connectivity index (χ4v) is 3.95. The van der Waals surface area contributed by atoms with E-state index in [-0.39, 0.29) is 11.8 Å².